The molecule has 1 unspecified atom stereocenters. The maximum Gasteiger partial charge on any atom is 0.314 e. The van der Waals surface area contributed by atoms with E-state index in [-0.39, 0.29) is 25.0 Å². The van der Waals surface area contributed by atoms with Crippen LogP contribution in [0.1, 0.15) is 26.2 Å². The second-order valence-corrected chi connectivity index (χ2v) is 11.0. The largest absolute Gasteiger partial charge is 0.481 e. The Bertz CT molecular complexity index is 861. The van der Waals surface area contributed by atoms with Crippen LogP contribution in [0.25, 0.3) is 0 Å². The summed E-state index contributed by atoms with van der Waals surface area (Å²) in [7, 11) is 0. The quantitative estimate of drug-likeness (QED) is 0.0350. The van der Waals surface area contributed by atoms with E-state index < -0.39 is 43.0 Å². The van der Waals surface area contributed by atoms with Crippen molar-refractivity contribution in [2.24, 2.45) is 0 Å². The van der Waals surface area contributed by atoms with Crippen molar-refractivity contribution in [3.05, 3.63) is 0 Å². The minimum atomic E-state index is -1.30. The van der Waals surface area contributed by atoms with E-state index in [9.17, 15) is 29.7 Å². The predicted molar refractivity (Wildman–Crippen MR) is 175 cm³/mol. The number of amides is 3. The third-order valence-electron chi connectivity index (χ3n) is 6.93. The van der Waals surface area contributed by atoms with Gasteiger partial charge < -0.3 is 79.0 Å². The Kier molecular flexibility index (Phi) is 28.8. The molecule has 1 saturated heterocycles. The van der Waals surface area contributed by atoms with Crippen molar-refractivity contribution in [2.75, 3.05) is 125 Å². The number of aliphatic hydroxyl groups excluding tert-OH is 3. The number of hydrogen-bond acceptors (Lipinski definition) is 15. The van der Waals surface area contributed by atoms with Gasteiger partial charge in [0.25, 0.3) is 0 Å². The van der Waals surface area contributed by atoms with Crippen molar-refractivity contribution in [1.29, 1.82) is 0 Å². The van der Waals surface area contributed by atoms with Gasteiger partial charge in [-0.15, -0.1) is 0 Å². The van der Waals surface area contributed by atoms with E-state index in [0.717, 1.165) is 0 Å². The number of rotatable bonds is 33. The lowest BCUT2D eigenvalue weighted by atomic mass is 9.90. The van der Waals surface area contributed by atoms with Crippen LogP contribution in [0.4, 0.5) is 4.79 Å². The zero-order valence-corrected chi connectivity index (χ0v) is 29.1. The normalized spacial score (nSPS) is 20.4. The van der Waals surface area contributed by atoms with Crippen LogP contribution < -0.4 is 16.0 Å². The smallest absolute Gasteiger partial charge is 0.314 e. The van der Waals surface area contributed by atoms with Crippen LogP contribution in [-0.4, -0.2) is 194 Å². The molecule has 1 heterocycles. The van der Waals surface area contributed by atoms with Crippen molar-refractivity contribution in [1.82, 2.24) is 16.0 Å². The molecular weight excluding hydrogens is 670 g/mol. The molecular formula is C31H59N3O16. The van der Waals surface area contributed by atoms with Crippen molar-refractivity contribution >= 4 is 17.9 Å². The zero-order valence-electron chi connectivity index (χ0n) is 29.1. The number of aliphatic carboxylic acids is 1. The number of carbonyl (C=O) groups is 3. The Morgan fingerprint density at radius 2 is 1.02 bits per heavy atom. The number of carboxylic acid groups (broad SMARTS) is 1. The third kappa shape index (κ3) is 24.8. The molecule has 0 bridgehead atoms. The molecule has 0 saturated carbocycles. The fourth-order valence-electron chi connectivity index (χ4n) is 4.46. The summed E-state index contributed by atoms with van der Waals surface area (Å²) in [5, 5.41) is 46.3. The van der Waals surface area contributed by atoms with Crippen molar-refractivity contribution in [3.8, 4) is 0 Å². The highest BCUT2D eigenvalue weighted by Gasteiger charge is 2.44. The van der Waals surface area contributed by atoms with Crippen LogP contribution in [-0.2, 0) is 52.2 Å². The van der Waals surface area contributed by atoms with Crippen LogP contribution in [0.2, 0.25) is 0 Å². The van der Waals surface area contributed by atoms with Gasteiger partial charge in [0.1, 0.15) is 18.3 Å². The Balaban J connectivity index is 1.82. The molecule has 0 aromatic carbocycles. The number of carbonyl (C=O) groups excluding carboxylic acids is 2. The average molecular weight is 730 g/mol. The molecule has 1 rings (SSSR count). The van der Waals surface area contributed by atoms with Gasteiger partial charge in [0.15, 0.2) is 0 Å². The third-order valence-corrected chi connectivity index (χ3v) is 6.93. The lowest BCUT2D eigenvalue weighted by Crippen LogP contribution is -2.63. The van der Waals surface area contributed by atoms with E-state index in [1.165, 1.54) is 6.92 Å². The van der Waals surface area contributed by atoms with Crippen molar-refractivity contribution < 1.29 is 77.4 Å². The number of hydrogen-bond donors (Lipinski definition) is 7. The van der Waals surface area contributed by atoms with Gasteiger partial charge >= 0.3 is 12.0 Å². The zero-order chi connectivity index (χ0) is 36.7. The first-order chi connectivity index (χ1) is 24.3. The fraction of sp³-hybridized carbons (Fsp3) is 0.903. The second-order valence-electron chi connectivity index (χ2n) is 11.0. The molecule has 1 fully saturated rings. The summed E-state index contributed by atoms with van der Waals surface area (Å²) in [6.07, 6.45) is -3.10. The molecule has 3 amide bonds. The highest BCUT2D eigenvalue weighted by molar-refractivity contribution is 5.73. The summed E-state index contributed by atoms with van der Waals surface area (Å²) in [4.78, 5) is 33.7. The second kappa shape index (κ2) is 31.5. The number of nitrogens with one attached hydrogen (secondary N) is 3. The Hall–Kier alpha value is -2.27. The number of carboxylic acids is 1. The summed E-state index contributed by atoms with van der Waals surface area (Å²) in [6, 6.07) is -1.12. The van der Waals surface area contributed by atoms with Crippen molar-refractivity contribution in [3.63, 3.8) is 0 Å². The molecule has 0 aromatic rings. The number of ether oxygens (including phenoxy) is 9. The molecule has 0 radical (unpaired) electrons. The molecule has 7 N–H and O–H groups in total. The highest BCUT2D eigenvalue weighted by atomic mass is 16.6. The summed E-state index contributed by atoms with van der Waals surface area (Å²) >= 11 is 0. The Morgan fingerprint density at radius 3 is 1.44 bits per heavy atom. The molecule has 19 heteroatoms. The summed E-state index contributed by atoms with van der Waals surface area (Å²) in [5.74, 6) is -1.25. The molecule has 5 atom stereocenters. The Labute approximate surface area is 293 Å². The van der Waals surface area contributed by atoms with Crippen molar-refractivity contribution in [2.45, 2.75) is 56.6 Å². The van der Waals surface area contributed by atoms with Gasteiger partial charge in [-0.2, -0.15) is 0 Å². The van der Waals surface area contributed by atoms with E-state index in [1.807, 2.05) is 0 Å². The molecule has 1 aliphatic heterocycles. The van der Waals surface area contributed by atoms with Crippen LogP contribution >= 0.6 is 0 Å². The first-order valence-electron chi connectivity index (χ1n) is 17.0. The number of urea groups is 1. The van der Waals surface area contributed by atoms with Crippen LogP contribution in [0.5, 0.6) is 0 Å². The minimum absolute atomic E-state index is 0.0208. The molecule has 294 valence electrons. The minimum Gasteiger partial charge on any atom is -0.481 e. The topological polar surface area (TPSA) is 251 Å². The van der Waals surface area contributed by atoms with Gasteiger partial charge in [-0.1, -0.05) is 0 Å². The Morgan fingerprint density at radius 1 is 0.600 bits per heavy atom. The first kappa shape index (κ1) is 45.8. The van der Waals surface area contributed by atoms with Gasteiger partial charge in [-0.25, -0.2) is 4.79 Å². The fourth-order valence-corrected chi connectivity index (χ4v) is 4.46. The van der Waals surface area contributed by atoms with E-state index in [4.69, 9.17) is 47.7 Å². The van der Waals surface area contributed by atoms with E-state index in [2.05, 4.69) is 16.0 Å². The van der Waals surface area contributed by atoms with Crippen LogP contribution in [0.3, 0.4) is 0 Å². The van der Waals surface area contributed by atoms with E-state index in [1.54, 1.807) is 0 Å². The molecule has 1 aliphatic rings. The summed E-state index contributed by atoms with van der Waals surface area (Å²) in [5.41, 5.74) is 0. The highest BCUT2D eigenvalue weighted by Crippen LogP contribution is 2.24. The lowest BCUT2D eigenvalue weighted by molar-refractivity contribution is -0.197. The molecule has 0 aliphatic carbocycles. The maximum atomic E-state index is 11.8. The van der Waals surface area contributed by atoms with Gasteiger partial charge in [0.2, 0.25) is 5.91 Å². The molecule has 0 aromatic heterocycles. The van der Waals surface area contributed by atoms with Gasteiger partial charge in [-0.3, -0.25) is 9.59 Å². The van der Waals surface area contributed by atoms with E-state index in [0.29, 0.717) is 125 Å². The van der Waals surface area contributed by atoms with Crippen LogP contribution in [0.15, 0.2) is 0 Å². The monoisotopic (exact) mass is 729 g/mol. The SMILES string of the molecule is CC(=O)NC1[C@@H](O)[C@@H](O)[C@@H](CO)O[C@@H]1CCCOCCOCCNC(=O)NCCOCCOCCOCCOCCOCCOCCC(=O)O. The molecule has 0 spiro atoms. The maximum absolute atomic E-state index is 11.8. The number of aliphatic hydroxyl groups is 3. The summed E-state index contributed by atoms with van der Waals surface area (Å²) < 4.78 is 48.7. The average Bonchev–Trinajstić information content (AvgIpc) is 3.08. The predicted octanol–water partition coefficient (Wildman–Crippen LogP) is -2.34. The van der Waals surface area contributed by atoms with E-state index >= 15 is 0 Å². The van der Waals surface area contributed by atoms with Gasteiger partial charge in [0, 0.05) is 26.6 Å². The molecule has 19 nitrogen and oxygen atoms in total. The lowest BCUT2D eigenvalue weighted by Gasteiger charge is -2.42. The van der Waals surface area contributed by atoms with Crippen LogP contribution in [0, 0.1) is 0 Å². The van der Waals surface area contributed by atoms with Gasteiger partial charge in [-0.05, 0) is 12.8 Å². The summed E-state index contributed by atoms with van der Waals surface area (Å²) in [6.45, 7) is 7.47. The molecule has 50 heavy (non-hydrogen) atoms. The van der Waals surface area contributed by atoms with Gasteiger partial charge in [0.05, 0.1) is 124 Å². The first-order valence-corrected chi connectivity index (χ1v) is 17.0. The standard InChI is InChI=1S/C31H59N3O16/c1-24(36)34-28-25(50-26(23-35)29(39)30(28)40)3-2-7-42-11-13-44-9-5-32-31(41)33-6-10-45-14-16-47-18-20-49-22-21-48-19-17-46-15-12-43-8-4-27(37)38/h25-26,28-30,35,39-40H,2-23H2,1H3,(H,34,36)(H,37,38)(H2,32,33,41)/t25-,26-,28?,29+,30-/m1/s1.